The first-order chi connectivity index (χ1) is 8.01. The summed E-state index contributed by atoms with van der Waals surface area (Å²) in [4.78, 5) is 11.7. The van der Waals surface area contributed by atoms with E-state index in [9.17, 15) is 13.2 Å². The average Bonchev–Trinajstić information content (AvgIpc) is 2.17. The van der Waals surface area contributed by atoms with Crippen LogP contribution in [-0.4, -0.2) is 14.3 Å². The van der Waals surface area contributed by atoms with E-state index in [1.807, 2.05) is 0 Å². The lowest BCUT2D eigenvalue weighted by atomic mass is 9.95. The molecule has 18 heavy (non-hydrogen) atoms. The van der Waals surface area contributed by atoms with Crippen molar-refractivity contribution in [3.63, 3.8) is 0 Å². The van der Waals surface area contributed by atoms with Gasteiger partial charge < -0.3 is 5.32 Å². The van der Waals surface area contributed by atoms with Crippen molar-refractivity contribution in [1.29, 1.82) is 0 Å². The minimum absolute atomic E-state index is 0.0961. The fourth-order valence-corrected chi connectivity index (χ4v) is 1.92. The predicted molar refractivity (Wildman–Crippen MR) is 70.9 cm³/mol. The molecule has 0 heterocycles. The Labute approximate surface area is 111 Å². The molecule has 0 bridgehead atoms. The van der Waals surface area contributed by atoms with Crippen LogP contribution in [0.15, 0.2) is 23.1 Å². The van der Waals surface area contributed by atoms with Gasteiger partial charge in [-0.15, -0.1) is 0 Å². The molecule has 0 atom stereocenters. The van der Waals surface area contributed by atoms with Gasteiger partial charge >= 0.3 is 0 Å². The number of amides is 1. The lowest BCUT2D eigenvalue weighted by molar-refractivity contribution is -0.123. The van der Waals surface area contributed by atoms with E-state index < -0.39 is 15.4 Å². The molecule has 0 aromatic heterocycles. The van der Waals surface area contributed by atoms with Crippen molar-refractivity contribution in [1.82, 2.24) is 0 Å². The van der Waals surface area contributed by atoms with Gasteiger partial charge in [-0.05, 0) is 18.2 Å². The molecule has 1 aromatic rings. The Morgan fingerprint density at radius 3 is 2.28 bits per heavy atom. The van der Waals surface area contributed by atoms with Gasteiger partial charge in [-0.3, -0.25) is 4.79 Å². The van der Waals surface area contributed by atoms with Gasteiger partial charge in [0.25, 0.3) is 0 Å². The Balaban J connectivity index is 3.05. The summed E-state index contributed by atoms with van der Waals surface area (Å²) < 4.78 is 22.2. The molecule has 1 aromatic carbocycles. The monoisotopic (exact) mass is 290 g/mol. The highest BCUT2D eigenvalue weighted by atomic mass is 35.5. The quantitative estimate of drug-likeness (QED) is 0.872. The van der Waals surface area contributed by atoms with Crippen LogP contribution in [0.5, 0.6) is 0 Å². The largest absolute Gasteiger partial charge is 0.324 e. The molecule has 0 aliphatic heterocycles. The zero-order valence-electron chi connectivity index (χ0n) is 10.3. The van der Waals surface area contributed by atoms with Crippen LogP contribution in [-0.2, 0) is 14.8 Å². The van der Waals surface area contributed by atoms with E-state index in [1.165, 1.54) is 18.2 Å². The molecular formula is C11H15ClN2O3S. The number of sulfonamides is 1. The van der Waals surface area contributed by atoms with Crippen LogP contribution in [0.1, 0.15) is 20.8 Å². The van der Waals surface area contributed by atoms with E-state index in [0.29, 0.717) is 5.69 Å². The summed E-state index contributed by atoms with van der Waals surface area (Å²) in [5.74, 6) is -0.215. The Bertz CT molecular complexity index is 576. The molecule has 0 fully saturated rings. The van der Waals surface area contributed by atoms with Crippen LogP contribution in [0, 0.1) is 5.41 Å². The van der Waals surface area contributed by atoms with E-state index in [0.717, 1.165) is 0 Å². The van der Waals surface area contributed by atoms with Crippen molar-refractivity contribution in [2.75, 3.05) is 5.32 Å². The van der Waals surface area contributed by atoms with Crippen molar-refractivity contribution in [2.24, 2.45) is 10.6 Å². The molecule has 1 rings (SSSR count). The maximum Gasteiger partial charge on any atom is 0.238 e. The number of halogens is 1. The number of hydrogen-bond acceptors (Lipinski definition) is 3. The maximum atomic E-state index is 11.8. The number of hydrogen-bond donors (Lipinski definition) is 2. The molecular weight excluding hydrogens is 276 g/mol. The number of rotatable bonds is 2. The molecule has 0 aliphatic rings. The highest BCUT2D eigenvalue weighted by molar-refractivity contribution is 7.89. The Morgan fingerprint density at radius 1 is 1.33 bits per heavy atom. The minimum Gasteiger partial charge on any atom is -0.324 e. The van der Waals surface area contributed by atoms with Crippen LogP contribution in [0.25, 0.3) is 0 Å². The summed E-state index contributed by atoms with van der Waals surface area (Å²) in [6.45, 7) is 5.28. The van der Waals surface area contributed by atoms with E-state index >= 15 is 0 Å². The first-order valence-corrected chi connectivity index (χ1v) is 7.08. The van der Waals surface area contributed by atoms with E-state index in [-0.39, 0.29) is 15.8 Å². The number of anilines is 1. The van der Waals surface area contributed by atoms with Crippen LogP contribution >= 0.6 is 11.6 Å². The summed E-state index contributed by atoms with van der Waals surface area (Å²) in [6, 6.07) is 3.90. The SMILES string of the molecule is CC(C)(C)C(=O)Nc1ccc(S(N)(=O)=O)cc1Cl. The second kappa shape index (κ2) is 4.87. The fraction of sp³-hybridized carbons (Fsp3) is 0.364. The van der Waals surface area contributed by atoms with Crippen LogP contribution < -0.4 is 10.5 Å². The molecule has 0 radical (unpaired) electrons. The number of carbonyl (C=O) groups is 1. The first-order valence-electron chi connectivity index (χ1n) is 5.15. The van der Waals surface area contributed by atoms with Crippen molar-refractivity contribution < 1.29 is 13.2 Å². The minimum atomic E-state index is -3.80. The maximum absolute atomic E-state index is 11.8. The topological polar surface area (TPSA) is 89.3 Å². The van der Waals surface area contributed by atoms with E-state index in [2.05, 4.69) is 5.32 Å². The molecule has 0 unspecified atom stereocenters. The summed E-state index contributed by atoms with van der Waals surface area (Å²) in [5, 5.41) is 7.72. The lowest BCUT2D eigenvalue weighted by Gasteiger charge is -2.18. The summed E-state index contributed by atoms with van der Waals surface area (Å²) >= 11 is 5.89. The van der Waals surface area contributed by atoms with Crippen molar-refractivity contribution >= 4 is 33.2 Å². The van der Waals surface area contributed by atoms with Crippen molar-refractivity contribution in [2.45, 2.75) is 25.7 Å². The van der Waals surface area contributed by atoms with Gasteiger partial charge in [0, 0.05) is 5.41 Å². The summed E-state index contributed by atoms with van der Waals surface area (Å²) in [5.41, 5.74) is -0.217. The second-order valence-corrected chi connectivity index (χ2v) is 6.86. The van der Waals surface area contributed by atoms with Gasteiger partial charge in [0.15, 0.2) is 0 Å². The number of carbonyl (C=O) groups excluding carboxylic acids is 1. The normalized spacial score (nSPS) is 12.3. The Morgan fingerprint density at radius 2 is 1.89 bits per heavy atom. The molecule has 0 saturated heterocycles. The van der Waals surface area contributed by atoms with Gasteiger partial charge in [0.1, 0.15) is 0 Å². The average molecular weight is 291 g/mol. The predicted octanol–water partition coefficient (Wildman–Crippen LogP) is 1.97. The summed E-state index contributed by atoms with van der Waals surface area (Å²) in [6.07, 6.45) is 0. The third kappa shape index (κ3) is 3.69. The van der Waals surface area contributed by atoms with Crippen LogP contribution in [0.4, 0.5) is 5.69 Å². The van der Waals surface area contributed by atoms with E-state index in [4.69, 9.17) is 16.7 Å². The fourth-order valence-electron chi connectivity index (χ4n) is 1.08. The van der Waals surface area contributed by atoms with Crippen molar-refractivity contribution in [3.05, 3.63) is 23.2 Å². The van der Waals surface area contributed by atoms with Gasteiger partial charge in [0.2, 0.25) is 15.9 Å². The zero-order valence-corrected chi connectivity index (χ0v) is 11.9. The number of nitrogens with one attached hydrogen (secondary N) is 1. The van der Waals surface area contributed by atoms with Gasteiger partial charge in [-0.2, -0.15) is 0 Å². The molecule has 3 N–H and O–H groups in total. The smallest absolute Gasteiger partial charge is 0.238 e. The van der Waals surface area contributed by atoms with Gasteiger partial charge in [-0.25, -0.2) is 13.6 Å². The molecule has 100 valence electrons. The highest BCUT2D eigenvalue weighted by Gasteiger charge is 2.22. The molecule has 1 amide bonds. The van der Waals surface area contributed by atoms with Crippen LogP contribution in [0.3, 0.4) is 0 Å². The third-order valence-corrected chi connectivity index (χ3v) is 3.42. The zero-order chi connectivity index (χ0) is 14.1. The number of benzene rings is 1. The van der Waals surface area contributed by atoms with Crippen molar-refractivity contribution in [3.8, 4) is 0 Å². The third-order valence-electron chi connectivity index (χ3n) is 2.20. The number of nitrogens with two attached hydrogens (primary N) is 1. The molecule has 0 saturated carbocycles. The molecule has 0 spiro atoms. The van der Waals surface area contributed by atoms with Crippen LogP contribution in [0.2, 0.25) is 5.02 Å². The van der Waals surface area contributed by atoms with E-state index in [1.54, 1.807) is 20.8 Å². The molecule has 7 heteroatoms. The van der Waals surface area contributed by atoms with Gasteiger partial charge in [0.05, 0.1) is 15.6 Å². The number of primary sulfonamides is 1. The Kier molecular flexibility index (Phi) is 4.05. The first kappa shape index (κ1) is 14.9. The highest BCUT2D eigenvalue weighted by Crippen LogP contribution is 2.26. The Hall–Kier alpha value is -1.11. The summed E-state index contributed by atoms with van der Waals surface area (Å²) in [7, 11) is -3.80. The van der Waals surface area contributed by atoms with Gasteiger partial charge in [-0.1, -0.05) is 32.4 Å². The molecule has 5 nitrogen and oxygen atoms in total. The molecule has 0 aliphatic carbocycles. The standard InChI is InChI=1S/C11H15ClN2O3S/c1-11(2,3)10(15)14-9-5-4-7(6-8(9)12)18(13,16)17/h4-6H,1-3H3,(H,14,15)(H2,13,16,17). The second-order valence-electron chi connectivity index (χ2n) is 4.89. The lowest BCUT2D eigenvalue weighted by Crippen LogP contribution is -2.27.